The lowest BCUT2D eigenvalue weighted by Gasteiger charge is -2.34. The molecule has 0 spiro atoms. The van der Waals surface area contributed by atoms with Crippen LogP contribution in [0.2, 0.25) is 0 Å². The predicted molar refractivity (Wildman–Crippen MR) is 107 cm³/mol. The summed E-state index contributed by atoms with van der Waals surface area (Å²) in [4.78, 5) is 23.5. The first-order chi connectivity index (χ1) is 13.1. The number of rotatable bonds is 7. The van der Waals surface area contributed by atoms with E-state index < -0.39 is 0 Å². The van der Waals surface area contributed by atoms with Gasteiger partial charge >= 0.3 is 0 Å². The number of nitrogens with zero attached hydrogens (tertiary/aromatic N) is 3. The second-order valence-electron chi connectivity index (χ2n) is 6.60. The fourth-order valence-corrected chi connectivity index (χ4v) is 3.95. The van der Waals surface area contributed by atoms with Crippen LogP contribution in [-0.4, -0.2) is 59.4 Å². The second kappa shape index (κ2) is 9.82. The van der Waals surface area contributed by atoms with Gasteiger partial charge in [0.1, 0.15) is 0 Å². The molecule has 2 heterocycles. The number of hydrogen-bond acceptors (Lipinski definition) is 6. The highest BCUT2D eigenvalue weighted by Gasteiger charge is 2.23. The van der Waals surface area contributed by atoms with E-state index in [1.165, 1.54) is 17.3 Å². The molecule has 6 nitrogen and oxygen atoms in total. The first kappa shape index (κ1) is 19.8. The van der Waals surface area contributed by atoms with Crippen molar-refractivity contribution >= 4 is 17.7 Å². The van der Waals surface area contributed by atoms with Crippen LogP contribution in [0.25, 0.3) is 0 Å². The van der Waals surface area contributed by atoms with Crippen LogP contribution in [0.4, 0.5) is 0 Å². The number of aryl methyl sites for hydroxylation is 2. The predicted octanol–water partition coefficient (Wildman–Crippen LogP) is 2.38. The molecule has 1 aliphatic heterocycles. The van der Waals surface area contributed by atoms with E-state index in [1.54, 1.807) is 0 Å². The standard InChI is InChI=1S/C20H26N4O2S/c1-15-12-16(2)23-20(22-15)27-14-19(25)21-13-18(17-6-4-3-5-7-17)24-8-10-26-11-9-24/h3-7,12,18H,8-11,13-14H2,1-2H3,(H,21,25). The summed E-state index contributed by atoms with van der Waals surface area (Å²) in [5.41, 5.74) is 3.05. The van der Waals surface area contributed by atoms with Crippen LogP contribution >= 0.6 is 11.8 Å². The van der Waals surface area contributed by atoms with Crippen LogP contribution in [-0.2, 0) is 9.53 Å². The van der Waals surface area contributed by atoms with Gasteiger partial charge in [-0.1, -0.05) is 42.1 Å². The molecule has 1 amide bonds. The molecule has 1 N–H and O–H groups in total. The van der Waals surface area contributed by atoms with Crippen LogP contribution < -0.4 is 5.32 Å². The van der Waals surface area contributed by atoms with E-state index in [9.17, 15) is 4.79 Å². The Morgan fingerprint density at radius 3 is 2.52 bits per heavy atom. The van der Waals surface area contributed by atoms with Crippen molar-refractivity contribution in [1.82, 2.24) is 20.2 Å². The summed E-state index contributed by atoms with van der Waals surface area (Å²) in [7, 11) is 0. The van der Waals surface area contributed by atoms with Gasteiger partial charge in [-0.05, 0) is 25.5 Å². The number of aromatic nitrogens is 2. The highest BCUT2D eigenvalue weighted by molar-refractivity contribution is 7.99. The van der Waals surface area contributed by atoms with Crippen LogP contribution in [0.1, 0.15) is 23.0 Å². The van der Waals surface area contributed by atoms with Crippen molar-refractivity contribution in [2.75, 3.05) is 38.6 Å². The van der Waals surface area contributed by atoms with Gasteiger partial charge in [-0.3, -0.25) is 9.69 Å². The second-order valence-corrected chi connectivity index (χ2v) is 7.54. The molecular formula is C20H26N4O2S. The van der Waals surface area contributed by atoms with Gasteiger partial charge in [0.25, 0.3) is 0 Å². The average molecular weight is 387 g/mol. The Balaban J connectivity index is 1.56. The SMILES string of the molecule is Cc1cc(C)nc(SCC(=O)NCC(c2ccccc2)N2CCOCC2)n1. The summed E-state index contributed by atoms with van der Waals surface area (Å²) >= 11 is 1.37. The molecule has 0 radical (unpaired) electrons. The van der Waals surface area contributed by atoms with Crippen molar-refractivity contribution in [3.63, 3.8) is 0 Å². The van der Waals surface area contributed by atoms with E-state index in [1.807, 2.05) is 38.1 Å². The average Bonchev–Trinajstić information content (AvgIpc) is 2.67. The van der Waals surface area contributed by atoms with E-state index in [-0.39, 0.29) is 11.9 Å². The van der Waals surface area contributed by atoms with Gasteiger partial charge in [0.05, 0.1) is 25.0 Å². The molecule has 1 fully saturated rings. The third-order valence-electron chi connectivity index (χ3n) is 4.46. The van der Waals surface area contributed by atoms with Crippen LogP contribution in [0.15, 0.2) is 41.6 Å². The van der Waals surface area contributed by atoms with Gasteiger partial charge in [-0.25, -0.2) is 9.97 Å². The van der Waals surface area contributed by atoms with Crippen LogP contribution in [0.5, 0.6) is 0 Å². The van der Waals surface area contributed by atoms with Crippen molar-refractivity contribution in [2.45, 2.75) is 25.0 Å². The number of benzene rings is 1. The minimum absolute atomic E-state index is 0.00282. The lowest BCUT2D eigenvalue weighted by Crippen LogP contribution is -2.44. The fraction of sp³-hybridized carbons (Fsp3) is 0.450. The van der Waals surface area contributed by atoms with E-state index in [0.29, 0.717) is 17.5 Å². The van der Waals surface area contributed by atoms with Crippen molar-refractivity contribution < 1.29 is 9.53 Å². The number of hydrogen-bond donors (Lipinski definition) is 1. The molecule has 144 valence electrons. The molecular weight excluding hydrogens is 360 g/mol. The molecule has 1 aromatic heterocycles. The molecule has 3 rings (SSSR count). The van der Waals surface area contributed by atoms with Crippen molar-refractivity contribution in [2.24, 2.45) is 0 Å². The molecule has 7 heteroatoms. The molecule has 1 saturated heterocycles. The Hall–Kier alpha value is -1.96. The molecule has 1 unspecified atom stereocenters. The molecule has 2 aromatic rings. The first-order valence-corrected chi connectivity index (χ1v) is 10.2. The number of carbonyl (C=O) groups excluding carboxylic acids is 1. The number of nitrogens with one attached hydrogen (secondary N) is 1. The maximum atomic E-state index is 12.4. The van der Waals surface area contributed by atoms with Crippen LogP contribution in [0.3, 0.4) is 0 Å². The quantitative estimate of drug-likeness (QED) is 0.582. The maximum absolute atomic E-state index is 12.4. The number of morpholine rings is 1. The van der Waals surface area contributed by atoms with Crippen molar-refractivity contribution in [3.05, 3.63) is 53.3 Å². The van der Waals surface area contributed by atoms with E-state index in [4.69, 9.17) is 4.74 Å². The molecule has 27 heavy (non-hydrogen) atoms. The summed E-state index contributed by atoms with van der Waals surface area (Å²) in [5, 5.41) is 3.73. The lowest BCUT2D eigenvalue weighted by atomic mass is 10.0. The maximum Gasteiger partial charge on any atom is 0.230 e. The zero-order chi connectivity index (χ0) is 19.1. The molecule has 0 bridgehead atoms. The van der Waals surface area contributed by atoms with Gasteiger partial charge < -0.3 is 10.1 Å². The monoisotopic (exact) mass is 386 g/mol. The summed E-state index contributed by atoms with van der Waals surface area (Å²) < 4.78 is 5.47. The van der Waals surface area contributed by atoms with E-state index in [0.717, 1.165) is 37.7 Å². The Kier molecular flexibility index (Phi) is 7.20. The first-order valence-electron chi connectivity index (χ1n) is 9.20. The fourth-order valence-electron chi connectivity index (χ4n) is 3.17. The highest BCUT2D eigenvalue weighted by atomic mass is 32.2. The molecule has 0 aliphatic carbocycles. The summed E-state index contributed by atoms with van der Waals surface area (Å²) in [6.45, 7) is 7.67. The van der Waals surface area contributed by atoms with Gasteiger partial charge in [-0.2, -0.15) is 0 Å². The van der Waals surface area contributed by atoms with Gasteiger partial charge in [0, 0.05) is 31.0 Å². The zero-order valence-corrected chi connectivity index (χ0v) is 16.7. The minimum Gasteiger partial charge on any atom is -0.379 e. The molecule has 1 atom stereocenters. The van der Waals surface area contributed by atoms with Gasteiger partial charge in [0.15, 0.2) is 5.16 Å². The van der Waals surface area contributed by atoms with E-state index in [2.05, 4.69) is 32.3 Å². The summed E-state index contributed by atoms with van der Waals surface area (Å²) in [5.74, 6) is 0.310. The zero-order valence-electron chi connectivity index (χ0n) is 15.9. The number of ether oxygens (including phenoxy) is 1. The van der Waals surface area contributed by atoms with Crippen LogP contribution in [0, 0.1) is 13.8 Å². The normalized spacial score (nSPS) is 16.1. The van der Waals surface area contributed by atoms with E-state index >= 15 is 0 Å². The third kappa shape index (κ3) is 6.02. The third-order valence-corrected chi connectivity index (χ3v) is 5.30. The topological polar surface area (TPSA) is 67.4 Å². The number of carbonyl (C=O) groups is 1. The summed E-state index contributed by atoms with van der Waals surface area (Å²) in [6, 6.07) is 12.4. The Morgan fingerprint density at radius 2 is 1.85 bits per heavy atom. The van der Waals surface area contributed by atoms with Crippen molar-refractivity contribution in [3.8, 4) is 0 Å². The minimum atomic E-state index is -0.00282. The van der Waals surface area contributed by atoms with Gasteiger partial charge in [0.2, 0.25) is 5.91 Å². The molecule has 1 aromatic carbocycles. The Morgan fingerprint density at radius 1 is 1.19 bits per heavy atom. The number of amides is 1. The summed E-state index contributed by atoms with van der Waals surface area (Å²) in [6.07, 6.45) is 0. The highest BCUT2D eigenvalue weighted by Crippen LogP contribution is 2.21. The van der Waals surface area contributed by atoms with Gasteiger partial charge in [-0.15, -0.1) is 0 Å². The molecule has 1 aliphatic rings. The Bertz CT molecular complexity index is 731. The lowest BCUT2D eigenvalue weighted by molar-refractivity contribution is -0.118. The smallest absolute Gasteiger partial charge is 0.230 e. The Labute approximate surface area is 164 Å². The molecule has 0 saturated carbocycles. The van der Waals surface area contributed by atoms with Crippen molar-refractivity contribution in [1.29, 1.82) is 0 Å². The largest absolute Gasteiger partial charge is 0.379 e. The number of thioether (sulfide) groups is 1.